The van der Waals surface area contributed by atoms with Crippen LogP contribution in [0.5, 0.6) is 11.5 Å². The predicted octanol–water partition coefficient (Wildman–Crippen LogP) is 4.63. The minimum atomic E-state index is -0.193. The van der Waals surface area contributed by atoms with Crippen LogP contribution in [0.25, 0.3) is 10.9 Å². The van der Waals surface area contributed by atoms with Gasteiger partial charge >= 0.3 is 0 Å². The highest BCUT2D eigenvalue weighted by Gasteiger charge is 2.19. The van der Waals surface area contributed by atoms with E-state index < -0.39 is 0 Å². The third-order valence-corrected chi connectivity index (χ3v) is 5.53. The van der Waals surface area contributed by atoms with Crippen LogP contribution in [-0.2, 0) is 16.0 Å². The minimum Gasteiger partial charge on any atom is -0.493 e. The quantitative estimate of drug-likeness (QED) is 0.457. The summed E-state index contributed by atoms with van der Waals surface area (Å²) in [5.41, 5.74) is 2.70. The van der Waals surface area contributed by atoms with E-state index in [1.165, 1.54) is 6.33 Å². The lowest BCUT2D eigenvalue weighted by atomic mass is 10.1. The molecule has 1 aliphatic heterocycles. The molecule has 8 nitrogen and oxygen atoms in total. The zero-order chi connectivity index (χ0) is 23.2. The molecule has 0 amide bonds. The number of ether oxygens (including phenoxy) is 4. The zero-order valence-corrected chi connectivity index (χ0v) is 19.9. The van der Waals surface area contributed by atoms with Crippen LogP contribution < -0.4 is 14.8 Å². The molecule has 2 aromatic carbocycles. The molecule has 33 heavy (non-hydrogen) atoms. The van der Waals surface area contributed by atoms with E-state index in [0.29, 0.717) is 55.2 Å². The molecule has 2 heterocycles. The van der Waals surface area contributed by atoms with Crippen molar-refractivity contribution in [2.24, 2.45) is 0 Å². The summed E-state index contributed by atoms with van der Waals surface area (Å²) < 4.78 is 22.5. The van der Waals surface area contributed by atoms with E-state index in [4.69, 9.17) is 30.5 Å². The van der Waals surface area contributed by atoms with Crippen LogP contribution in [-0.4, -0.2) is 61.7 Å². The second-order valence-electron chi connectivity index (χ2n) is 7.89. The summed E-state index contributed by atoms with van der Waals surface area (Å²) in [6.45, 7) is 5.30. The van der Waals surface area contributed by atoms with Crippen LogP contribution in [0.1, 0.15) is 18.9 Å². The van der Waals surface area contributed by atoms with Gasteiger partial charge in [-0.3, -0.25) is 4.90 Å². The van der Waals surface area contributed by atoms with E-state index in [1.807, 2.05) is 37.4 Å². The number of anilines is 2. The Kier molecular flexibility index (Phi) is 7.82. The molecule has 0 spiro atoms. The molecule has 0 aliphatic carbocycles. The lowest BCUT2D eigenvalue weighted by Gasteiger charge is -2.22. The van der Waals surface area contributed by atoms with E-state index >= 15 is 0 Å². The van der Waals surface area contributed by atoms with Crippen molar-refractivity contribution in [2.75, 3.05) is 45.8 Å². The minimum absolute atomic E-state index is 0.193. The summed E-state index contributed by atoms with van der Waals surface area (Å²) in [6, 6.07) is 9.58. The second-order valence-corrected chi connectivity index (χ2v) is 8.32. The topological polar surface area (TPSA) is 78.0 Å². The fraction of sp³-hybridized carbons (Fsp3) is 0.417. The standard InChI is InChI=1S/C24H29ClN4O4/c1-4-7-31-22-11-18-20(12-21(22)30-3)26-15-27-24(18)28-19-10-17(25)6-5-16(19)13-29(2)14-23-32-8-9-33-23/h5-6,10-12,15,23H,4,7-9,13-14H2,1-3H3,(H,26,27,28). The lowest BCUT2D eigenvalue weighted by Crippen LogP contribution is -2.29. The number of aromatic nitrogens is 2. The maximum atomic E-state index is 6.33. The van der Waals surface area contributed by atoms with Crippen molar-refractivity contribution in [2.45, 2.75) is 26.2 Å². The van der Waals surface area contributed by atoms with Gasteiger partial charge in [-0.15, -0.1) is 0 Å². The highest BCUT2D eigenvalue weighted by atomic mass is 35.5. The van der Waals surface area contributed by atoms with Gasteiger partial charge in [0.2, 0.25) is 0 Å². The van der Waals surface area contributed by atoms with Gasteiger partial charge in [-0.05, 0) is 37.2 Å². The fourth-order valence-electron chi connectivity index (χ4n) is 3.70. The highest BCUT2D eigenvalue weighted by Crippen LogP contribution is 2.35. The molecule has 4 rings (SSSR count). The second kappa shape index (κ2) is 11.0. The van der Waals surface area contributed by atoms with Crippen LogP contribution in [0, 0.1) is 0 Å². The molecule has 1 fully saturated rings. The average molecular weight is 473 g/mol. The number of rotatable bonds is 10. The van der Waals surface area contributed by atoms with E-state index in [1.54, 1.807) is 7.11 Å². The van der Waals surface area contributed by atoms with Gasteiger partial charge < -0.3 is 24.3 Å². The Hall–Kier alpha value is -2.65. The van der Waals surface area contributed by atoms with Gasteiger partial charge in [-0.2, -0.15) is 0 Å². The molecule has 1 saturated heterocycles. The Labute approximate surface area is 198 Å². The van der Waals surface area contributed by atoms with Gasteiger partial charge in [0, 0.05) is 35.3 Å². The number of methoxy groups -OCH3 is 1. The first-order chi connectivity index (χ1) is 16.1. The maximum absolute atomic E-state index is 6.33. The van der Waals surface area contributed by atoms with E-state index in [9.17, 15) is 0 Å². The number of fused-ring (bicyclic) bond motifs is 1. The molecule has 1 aromatic heterocycles. The number of halogens is 1. The van der Waals surface area contributed by atoms with Crippen molar-refractivity contribution in [3.8, 4) is 11.5 Å². The molecule has 0 atom stereocenters. The Balaban J connectivity index is 1.62. The van der Waals surface area contributed by atoms with Crippen molar-refractivity contribution in [1.82, 2.24) is 14.9 Å². The van der Waals surface area contributed by atoms with Crippen molar-refractivity contribution >= 4 is 34.0 Å². The first-order valence-electron chi connectivity index (χ1n) is 11.0. The predicted molar refractivity (Wildman–Crippen MR) is 129 cm³/mol. The molecule has 0 saturated carbocycles. The van der Waals surface area contributed by atoms with Crippen LogP contribution >= 0.6 is 11.6 Å². The molecular weight excluding hydrogens is 444 g/mol. The highest BCUT2D eigenvalue weighted by molar-refractivity contribution is 6.30. The average Bonchev–Trinajstić information content (AvgIpc) is 3.32. The zero-order valence-electron chi connectivity index (χ0n) is 19.1. The number of likely N-dealkylation sites (N-methyl/N-ethyl adjacent to an activating group) is 1. The molecule has 9 heteroatoms. The van der Waals surface area contributed by atoms with Gasteiger partial charge in [0.15, 0.2) is 17.8 Å². The van der Waals surface area contributed by atoms with Crippen molar-refractivity contribution < 1.29 is 18.9 Å². The Bertz CT molecular complexity index is 1090. The lowest BCUT2D eigenvalue weighted by molar-refractivity contribution is -0.0592. The molecule has 3 aromatic rings. The van der Waals surface area contributed by atoms with Crippen LogP contribution in [0.15, 0.2) is 36.7 Å². The molecule has 0 unspecified atom stereocenters. The van der Waals surface area contributed by atoms with Crippen LogP contribution in [0.4, 0.5) is 11.5 Å². The van der Waals surface area contributed by atoms with Crippen LogP contribution in [0.2, 0.25) is 5.02 Å². The molecule has 1 N–H and O–H groups in total. The summed E-state index contributed by atoms with van der Waals surface area (Å²) in [5.74, 6) is 1.96. The third kappa shape index (κ3) is 5.83. The first kappa shape index (κ1) is 23.5. The van der Waals surface area contributed by atoms with Gasteiger partial charge in [0.25, 0.3) is 0 Å². The monoisotopic (exact) mass is 472 g/mol. The SMILES string of the molecule is CCCOc1cc2c(Nc3cc(Cl)ccc3CN(C)CC3OCCO3)ncnc2cc1OC. The molecule has 176 valence electrons. The summed E-state index contributed by atoms with van der Waals surface area (Å²) in [5, 5.41) is 4.92. The fourth-order valence-corrected chi connectivity index (χ4v) is 3.87. The number of hydrogen-bond acceptors (Lipinski definition) is 8. The van der Waals surface area contributed by atoms with E-state index in [-0.39, 0.29) is 6.29 Å². The molecular formula is C24H29ClN4O4. The Morgan fingerprint density at radius 1 is 1.15 bits per heavy atom. The largest absolute Gasteiger partial charge is 0.493 e. The van der Waals surface area contributed by atoms with Gasteiger partial charge in [-0.25, -0.2) is 9.97 Å². The van der Waals surface area contributed by atoms with Crippen molar-refractivity contribution in [3.63, 3.8) is 0 Å². The Morgan fingerprint density at radius 3 is 2.73 bits per heavy atom. The number of nitrogens with one attached hydrogen (secondary N) is 1. The molecule has 0 radical (unpaired) electrons. The smallest absolute Gasteiger partial charge is 0.170 e. The Morgan fingerprint density at radius 2 is 1.97 bits per heavy atom. The summed E-state index contributed by atoms with van der Waals surface area (Å²) in [6.07, 6.45) is 2.23. The summed E-state index contributed by atoms with van der Waals surface area (Å²) >= 11 is 6.33. The molecule has 1 aliphatic rings. The van der Waals surface area contributed by atoms with Crippen molar-refractivity contribution in [3.05, 3.63) is 47.2 Å². The number of benzene rings is 2. The van der Waals surface area contributed by atoms with E-state index in [2.05, 4.69) is 27.1 Å². The third-order valence-electron chi connectivity index (χ3n) is 5.30. The van der Waals surface area contributed by atoms with Crippen LogP contribution in [0.3, 0.4) is 0 Å². The van der Waals surface area contributed by atoms with Crippen molar-refractivity contribution in [1.29, 1.82) is 0 Å². The van der Waals surface area contributed by atoms with Gasteiger partial charge in [0.05, 0.1) is 32.4 Å². The van der Waals surface area contributed by atoms with E-state index in [0.717, 1.165) is 28.6 Å². The number of hydrogen-bond donors (Lipinski definition) is 1. The van der Waals surface area contributed by atoms with Gasteiger partial charge in [-0.1, -0.05) is 24.6 Å². The number of nitrogens with zero attached hydrogens (tertiary/aromatic N) is 3. The van der Waals surface area contributed by atoms with Gasteiger partial charge in [0.1, 0.15) is 12.1 Å². The molecule has 0 bridgehead atoms. The summed E-state index contributed by atoms with van der Waals surface area (Å²) in [4.78, 5) is 11.1. The normalized spacial score (nSPS) is 14.2. The summed E-state index contributed by atoms with van der Waals surface area (Å²) in [7, 11) is 3.66. The first-order valence-corrected chi connectivity index (χ1v) is 11.4. The maximum Gasteiger partial charge on any atom is 0.170 e.